The van der Waals surface area contributed by atoms with Crippen molar-refractivity contribution in [1.82, 2.24) is 0 Å². The maximum Gasteiger partial charge on any atom is 0.488 e. The molecule has 0 aliphatic carbocycles. The van der Waals surface area contributed by atoms with E-state index in [9.17, 15) is 10.0 Å². The third kappa shape index (κ3) is 2.82. The Bertz CT molecular complexity index is 1590. The maximum absolute atomic E-state index is 9.67. The Morgan fingerprint density at radius 1 is 0.452 bits per heavy atom. The van der Waals surface area contributed by atoms with Gasteiger partial charge in [-0.15, -0.1) is 0 Å². The van der Waals surface area contributed by atoms with Gasteiger partial charge in [0.25, 0.3) is 0 Å². The first kappa shape index (κ1) is 18.1. The van der Waals surface area contributed by atoms with Gasteiger partial charge in [-0.25, -0.2) is 0 Å². The topological polar surface area (TPSA) is 40.5 Å². The minimum absolute atomic E-state index is 0.504. The molecule has 2 N–H and O–H groups in total. The molecule has 0 aliphatic rings. The van der Waals surface area contributed by atoms with E-state index < -0.39 is 7.12 Å². The molecule has 0 fully saturated rings. The van der Waals surface area contributed by atoms with Crippen molar-refractivity contribution in [2.24, 2.45) is 0 Å². The summed E-state index contributed by atoms with van der Waals surface area (Å²) >= 11 is 0. The quantitative estimate of drug-likeness (QED) is 0.293. The Labute approximate surface area is 180 Å². The van der Waals surface area contributed by atoms with Crippen molar-refractivity contribution in [3.63, 3.8) is 0 Å². The molecule has 0 saturated heterocycles. The van der Waals surface area contributed by atoms with Gasteiger partial charge in [0.05, 0.1) is 0 Å². The minimum Gasteiger partial charge on any atom is -0.423 e. The van der Waals surface area contributed by atoms with Gasteiger partial charge in [0.2, 0.25) is 0 Å². The van der Waals surface area contributed by atoms with E-state index in [1.165, 1.54) is 27.3 Å². The van der Waals surface area contributed by atoms with E-state index in [-0.39, 0.29) is 0 Å². The standard InChI is InChI=1S/C28H19BO2/c30-29(31)20-13-15-26-25-14-12-19(22-11-5-7-18-6-1-2-8-21(18)22)16-27(25)23-9-3-4-10-24(23)28(26)17-20/h1-17,30-31H. The Morgan fingerprint density at radius 3 is 1.77 bits per heavy atom. The van der Waals surface area contributed by atoms with Crippen molar-refractivity contribution in [3.8, 4) is 11.1 Å². The molecule has 0 saturated carbocycles. The summed E-state index contributed by atoms with van der Waals surface area (Å²) in [4.78, 5) is 0. The maximum atomic E-state index is 9.67. The third-order valence-electron chi connectivity index (χ3n) is 6.26. The summed E-state index contributed by atoms with van der Waals surface area (Å²) in [5, 5.41) is 28.6. The fraction of sp³-hybridized carbons (Fsp3) is 0. The molecule has 31 heavy (non-hydrogen) atoms. The van der Waals surface area contributed by atoms with Crippen LogP contribution in [0.1, 0.15) is 0 Å². The molecular weight excluding hydrogens is 379 g/mol. The van der Waals surface area contributed by atoms with Gasteiger partial charge in [-0.3, -0.25) is 0 Å². The van der Waals surface area contributed by atoms with Crippen LogP contribution in [-0.2, 0) is 0 Å². The number of benzene rings is 6. The lowest BCUT2D eigenvalue weighted by Gasteiger charge is -2.14. The number of hydrogen-bond donors (Lipinski definition) is 2. The molecule has 0 unspecified atom stereocenters. The summed E-state index contributed by atoms with van der Waals surface area (Å²) in [6.45, 7) is 0. The summed E-state index contributed by atoms with van der Waals surface area (Å²) in [5.74, 6) is 0. The molecule has 0 radical (unpaired) electrons. The van der Waals surface area contributed by atoms with E-state index in [2.05, 4.69) is 78.9 Å². The molecule has 6 aromatic carbocycles. The Morgan fingerprint density at radius 2 is 1.03 bits per heavy atom. The summed E-state index contributed by atoms with van der Waals surface area (Å²) in [5.41, 5.74) is 2.92. The second kappa shape index (κ2) is 6.95. The Hall–Kier alpha value is -3.66. The van der Waals surface area contributed by atoms with Crippen LogP contribution in [0.5, 0.6) is 0 Å². The van der Waals surface area contributed by atoms with E-state index >= 15 is 0 Å². The summed E-state index contributed by atoms with van der Waals surface area (Å²) in [6, 6.07) is 35.6. The average Bonchev–Trinajstić information content (AvgIpc) is 2.83. The van der Waals surface area contributed by atoms with E-state index in [1.807, 2.05) is 18.2 Å². The molecule has 0 amide bonds. The van der Waals surface area contributed by atoms with E-state index in [0.717, 1.165) is 26.9 Å². The van der Waals surface area contributed by atoms with Crippen molar-refractivity contribution >= 4 is 55.7 Å². The van der Waals surface area contributed by atoms with Crippen LogP contribution in [0.4, 0.5) is 0 Å². The molecule has 0 aromatic heterocycles. The molecule has 0 atom stereocenters. The molecule has 3 heteroatoms. The predicted molar refractivity (Wildman–Crippen MR) is 132 cm³/mol. The van der Waals surface area contributed by atoms with Crippen LogP contribution >= 0.6 is 0 Å². The smallest absolute Gasteiger partial charge is 0.423 e. The van der Waals surface area contributed by atoms with Crippen LogP contribution in [0.15, 0.2) is 103 Å². The average molecular weight is 398 g/mol. The number of fused-ring (bicyclic) bond motifs is 7. The zero-order valence-electron chi connectivity index (χ0n) is 16.8. The number of rotatable bonds is 2. The Balaban J connectivity index is 1.71. The van der Waals surface area contributed by atoms with Crippen LogP contribution in [-0.4, -0.2) is 17.2 Å². The largest absolute Gasteiger partial charge is 0.488 e. The SMILES string of the molecule is OB(O)c1ccc2c3ccc(-c4cccc5ccccc45)cc3c3ccccc3c2c1. The highest BCUT2D eigenvalue weighted by Crippen LogP contribution is 2.38. The van der Waals surface area contributed by atoms with Crippen LogP contribution in [0.25, 0.3) is 54.2 Å². The van der Waals surface area contributed by atoms with Crippen LogP contribution in [0.3, 0.4) is 0 Å². The summed E-state index contributed by atoms with van der Waals surface area (Å²) in [7, 11) is -1.48. The van der Waals surface area contributed by atoms with Crippen molar-refractivity contribution in [2.45, 2.75) is 0 Å². The highest BCUT2D eigenvalue weighted by Gasteiger charge is 2.15. The highest BCUT2D eigenvalue weighted by atomic mass is 16.4. The van der Waals surface area contributed by atoms with Crippen molar-refractivity contribution in [3.05, 3.63) is 103 Å². The lowest BCUT2D eigenvalue weighted by molar-refractivity contribution is 0.426. The first-order valence-corrected chi connectivity index (χ1v) is 10.4. The van der Waals surface area contributed by atoms with Crippen molar-refractivity contribution < 1.29 is 10.0 Å². The van der Waals surface area contributed by atoms with E-state index in [1.54, 1.807) is 6.07 Å². The van der Waals surface area contributed by atoms with Gasteiger partial charge in [-0.05, 0) is 65.7 Å². The van der Waals surface area contributed by atoms with Gasteiger partial charge in [-0.1, -0.05) is 97.1 Å². The van der Waals surface area contributed by atoms with Crippen LogP contribution in [0, 0.1) is 0 Å². The molecule has 0 spiro atoms. The molecule has 146 valence electrons. The van der Waals surface area contributed by atoms with Crippen LogP contribution in [0.2, 0.25) is 0 Å². The molecule has 0 heterocycles. The molecule has 2 nitrogen and oxygen atoms in total. The van der Waals surface area contributed by atoms with Gasteiger partial charge < -0.3 is 10.0 Å². The monoisotopic (exact) mass is 398 g/mol. The number of hydrogen-bond acceptors (Lipinski definition) is 2. The molecule has 6 aromatic rings. The molecule has 6 rings (SSSR count). The fourth-order valence-electron chi connectivity index (χ4n) is 4.78. The van der Waals surface area contributed by atoms with E-state index in [0.29, 0.717) is 5.46 Å². The zero-order chi connectivity index (χ0) is 20.9. The fourth-order valence-corrected chi connectivity index (χ4v) is 4.78. The lowest BCUT2D eigenvalue weighted by atomic mass is 9.78. The van der Waals surface area contributed by atoms with Gasteiger partial charge in [-0.2, -0.15) is 0 Å². The minimum atomic E-state index is -1.48. The first-order valence-electron chi connectivity index (χ1n) is 10.4. The second-order valence-electron chi connectivity index (χ2n) is 8.01. The lowest BCUT2D eigenvalue weighted by Crippen LogP contribution is -2.29. The molecule has 0 bridgehead atoms. The highest BCUT2D eigenvalue weighted by molar-refractivity contribution is 6.59. The zero-order valence-corrected chi connectivity index (χ0v) is 16.8. The van der Waals surface area contributed by atoms with Gasteiger partial charge >= 0.3 is 7.12 Å². The normalized spacial score (nSPS) is 11.5. The second-order valence-corrected chi connectivity index (χ2v) is 8.01. The third-order valence-corrected chi connectivity index (χ3v) is 6.26. The summed E-state index contributed by atoms with van der Waals surface area (Å²) in [6.07, 6.45) is 0. The van der Waals surface area contributed by atoms with Crippen LogP contribution < -0.4 is 5.46 Å². The van der Waals surface area contributed by atoms with Gasteiger partial charge in [0.1, 0.15) is 0 Å². The Kier molecular flexibility index (Phi) is 4.07. The van der Waals surface area contributed by atoms with Gasteiger partial charge in [0, 0.05) is 0 Å². The predicted octanol–water partition coefficient (Wildman–Crippen LogP) is 5.65. The van der Waals surface area contributed by atoms with Crippen molar-refractivity contribution in [2.75, 3.05) is 0 Å². The van der Waals surface area contributed by atoms with E-state index in [4.69, 9.17) is 0 Å². The van der Waals surface area contributed by atoms with Gasteiger partial charge in [0.15, 0.2) is 0 Å². The van der Waals surface area contributed by atoms with Crippen molar-refractivity contribution in [1.29, 1.82) is 0 Å². The summed E-state index contributed by atoms with van der Waals surface area (Å²) < 4.78 is 0. The molecular formula is C28H19BO2. The first-order chi connectivity index (χ1) is 15.2. The molecule has 0 aliphatic heterocycles.